The first kappa shape index (κ1) is 14.4. The van der Waals surface area contributed by atoms with E-state index in [1.807, 2.05) is 30.3 Å². The number of alkyl carbamates (subject to hydrolysis) is 1. The number of benzene rings is 1. The minimum Gasteiger partial charge on any atom is -0.445 e. The third-order valence-electron chi connectivity index (χ3n) is 3.61. The van der Waals surface area contributed by atoms with Gasteiger partial charge in [0.15, 0.2) is 0 Å². The van der Waals surface area contributed by atoms with Gasteiger partial charge in [0, 0.05) is 12.0 Å². The summed E-state index contributed by atoms with van der Waals surface area (Å²) in [6.45, 7) is 0.249. The van der Waals surface area contributed by atoms with Crippen LogP contribution in [0.15, 0.2) is 30.3 Å². The molecule has 5 nitrogen and oxygen atoms in total. The lowest BCUT2D eigenvalue weighted by molar-refractivity contribution is -0.122. The Morgan fingerprint density at radius 1 is 1.25 bits per heavy atom. The molecular weight excluding hydrogens is 256 g/mol. The molecule has 2 amide bonds. The number of hydrogen-bond acceptors (Lipinski definition) is 3. The zero-order chi connectivity index (χ0) is 14.4. The molecule has 1 saturated carbocycles. The van der Waals surface area contributed by atoms with Gasteiger partial charge in [0.05, 0.1) is 0 Å². The zero-order valence-electron chi connectivity index (χ0n) is 11.4. The van der Waals surface area contributed by atoms with Crippen molar-refractivity contribution in [3.8, 4) is 0 Å². The highest BCUT2D eigenvalue weighted by Gasteiger charge is 2.26. The van der Waals surface area contributed by atoms with Crippen LogP contribution < -0.4 is 11.1 Å². The largest absolute Gasteiger partial charge is 0.445 e. The summed E-state index contributed by atoms with van der Waals surface area (Å²) in [5, 5.41) is 2.81. The highest BCUT2D eigenvalue weighted by Crippen LogP contribution is 2.24. The molecule has 0 aliphatic heterocycles. The van der Waals surface area contributed by atoms with Crippen LogP contribution in [0, 0.1) is 5.92 Å². The van der Waals surface area contributed by atoms with Gasteiger partial charge in [-0.25, -0.2) is 4.79 Å². The molecule has 0 aromatic heterocycles. The van der Waals surface area contributed by atoms with Crippen molar-refractivity contribution in [1.82, 2.24) is 5.32 Å². The standard InChI is InChI=1S/C15H20N2O3/c16-14(18)12-7-4-8-13(9-12)17-15(19)20-10-11-5-2-1-3-6-11/h1-3,5-6,12-13H,4,7-10H2,(H2,16,18)(H,17,19)/t12-,13+/m1/s1. The van der Waals surface area contributed by atoms with E-state index in [9.17, 15) is 9.59 Å². The van der Waals surface area contributed by atoms with Crippen molar-refractivity contribution in [2.24, 2.45) is 11.7 Å². The molecule has 108 valence electrons. The number of amides is 2. The lowest BCUT2D eigenvalue weighted by Gasteiger charge is -2.27. The number of rotatable bonds is 4. The van der Waals surface area contributed by atoms with Crippen LogP contribution in [0.2, 0.25) is 0 Å². The van der Waals surface area contributed by atoms with E-state index in [4.69, 9.17) is 10.5 Å². The van der Waals surface area contributed by atoms with Gasteiger partial charge in [-0.3, -0.25) is 4.79 Å². The number of ether oxygens (including phenoxy) is 1. The predicted octanol–water partition coefficient (Wildman–Crippen LogP) is 1.96. The summed E-state index contributed by atoms with van der Waals surface area (Å²) in [5.74, 6) is -0.419. The molecule has 0 heterocycles. The maximum atomic E-state index is 11.7. The van der Waals surface area contributed by atoms with Crippen molar-refractivity contribution in [2.75, 3.05) is 0 Å². The molecule has 0 saturated heterocycles. The molecule has 2 atom stereocenters. The molecule has 1 aliphatic carbocycles. The molecule has 1 aromatic carbocycles. The minimum atomic E-state index is -0.441. The van der Waals surface area contributed by atoms with Crippen LogP contribution in [0.3, 0.4) is 0 Å². The zero-order valence-corrected chi connectivity index (χ0v) is 11.4. The first-order valence-corrected chi connectivity index (χ1v) is 6.91. The normalized spacial score (nSPS) is 22.0. The van der Waals surface area contributed by atoms with E-state index in [1.165, 1.54) is 0 Å². The molecule has 1 fully saturated rings. The van der Waals surface area contributed by atoms with Gasteiger partial charge in [0.1, 0.15) is 6.61 Å². The Kier molecular flexibility index (Phi) is 4.98. The molecule has 3 N–H and O–H groups in total. The van der Waals surface area contributed by atoms with Gasteiger partial charge in [-0.15, -0.1) is 0 Å². The summed E-state index contributed by atoms with van der Waals surface area (Å²) in [5.41, 5.74) is 6.26. The highest BCUT2D eigenvalue weighted by molar-refractivity contribution is 5.77. The minimum absolute atomic E-state index is 0.0236. The quantitative estimate of drug-likeness (QED) is 0.882. The van der Waals surface area contributed by atoms with Gasteiger partial charge < -0.3 is 15.8 Å². The van der Waals surface area contributed by atoms with Gasteiger partial charge in [-0.1, -0.05) is 36.8 Å². The summed E-state index contributed by atoms with van der Waals surface area (Å²) in [4.78, 5) is 22.9. The van der Waals surface area contributed by atoms with E-state index >= 15 is 0 Å². The Labute approximate surface area is 118 Å². The second-order valence-corrected chi connectivity index (χ2v) is 5.17. The predicted molar refractivity (Wildman–Crippen MR) is 74.7 cm³/mol. The highest BCUT2D eigenvalue weighted by atomic mass is 16.5. The smallest absolute Gasteiger partial charge is 0.407 e. The van der Waals surface area contributed by atoms with Gasteiger partial charge >= 0.3 is 6.09 Å². The SMILES string of the molecule is NC(=O)[C@@H]1CCC[C@H](NC(=O)OCc2ccccc2)C1. The lowest BCUT2D eigenvalue weighted by Crippen LogP contribution is -2.41. The fourth-order valence-electron chi connectivity index (χ4n) is 2.51. The summed E-state index contributed by atoms with van der Waals surface area (Å²) in [6, 6.07) is 9.48. The molecule has 20 heavy (non-hydrogen) atoms. The Hall–Kier alpha value is -2.04. The van der Waals surface area contributed by atoms with E-state index in [-0.39, 0.29) is 24.5 Å². The molecule has 1 aromatic rings. The van der Waals surface area contributed by atoms with E-state index < -0.39 is 6.09 Å². The second kappa shape index (κ2) is 6.93. The monoisotopic (exact) mass is 276 g/mol. The summed E-state index contributed by atoms with van der Waals surface area (Å²) in [7, 11) is 0. The van der Waals surface area contributed by atoms with Gasteiger partial charge in [-0.2, -0.15) is 0 Å². The van der Waals surface area contributed by atoms with Crippen LogP contribution in [-0.4, -0.2) is 18.0 Å². The molecule has 0 radical (unpaired) electrons. The second-order valence-electron chi connectivity index (χ2n) is 5.17. The molecule has 0 spiro atoms. The topological polar surface area (TPSA) is 81.4 Å². The molecular formula is C15H20N2O3. The van der Waals surface area contributed by atoms with Gasteiger partial charge in [0.2, 0.25) is 5.91 Å². The number of nitrogens with two attached hydrogens (primary N) is 1. The molecule has 1 aliphatic rings. The number of carbonyl (C=O) groups is 2. The van der Waals surface area contributed by atoms with E-state index in [1.54, 1.807) is 0 Å². The Balaban J connectivity index is 1.75. The average molecular weight is 276 g/mol. The number of hydrogen-bond donors (Lipinski definition) is 2. The first-order valence-electron chi connectivity index (χ1n) is 6.91. The van der Waals surface area contributed by atoms with Crippen molar-refractivity contribution < 1.29 is 14.3 Å². The first-order chi connectivity index (χ1) is 9.65. The van der Waals surface area contributed by atoms with Crippen molar-refractivity contribution in [3.63, 3.8) is 0 Å². The number of nitrogens with one attached hydrogen (secondary N) is 1. The lowest BCUT2D eigenvalue weighted by atomic mass is 9.85. The van der Waals surface area contributed by atoms with Crippen molar-refractivity contribution in [1.29, 1.82) is 0 Å². The maximum absolute atomic E-state index is 11.7. The average Bonchev–Trinajstić information content (AvgIpc) is 2.46. The molecule has 0 bridgehead atoms. The van der Waals surface area contributed by atoms with Crippen LogP contribution in [0.1, 0.15) is 31.2 Å². The Morgan fingerprint density at radius 3 is 2.70 bits per heavy atom. The maximum Gasteiger partial charge on any atom is 0.407 e. The van der Waals surface area contributed by atoms with Crippen molar-refractivity contribution >= 4 is 12.0 Å². The third-order valence-corrected chi connectivity index (χ3v) is 3.61. The van der Waals surface area contributed by atoms with Crippen LogP contribution in [0.4, 0.5) is 4.79 Å². The van der Waals surface area contributed by atoms with E-state index in [0.29, 0.717) is 6.42 Å². The fourth-order valence-corrected chi connectivity index (χ4v) is 2.51. The van der Waals surface area contributed by atoms with Crippen LogP contribution in [-0.2, 0) is 16.1 Å². The van der Waals surface area contributed by atoms with E-state index in [0.717, 1.165) is 24.8 Å². The van der Waals surface area contributed by atoms with Crippen LogP contribution in [0.5, 0.6) is 0 Å². The third kappa shape index (κ3) is 4.26. The Morgan fingerprint density at radius 2 is 2.00 bits per heavy atom. The van der Waals surface area contributed by atoms with Crippen LogP contribution >= 0.6 is 0 Å². The van der Waals surface area contributed by atoms with Crippen LogP contribution in [0.25, 0.3) is 0 Å². The molecule has 0 unspecified atom stereocenters. The molecule has 5 heteroatoms. The van der Waals surface area contributed by atoms with Gasteiger partial charge in [0.25, 0.3) is 0 Å². The fraction of sp³-hybridized carbons (Fsp3) is 0.467. The van der Waals surface area contributed by atoms with Crippen molar-refractivity contribution in [3.05, 3.63) is 35.9 Å². The van der Waals surface area contributed by atoms with Crippen molar-refractivity contribution in [2.45, 2.75) is 38.3 Å². The number of primary amides is 1. The Bertz CT molecular complexity index is 461. The van der Waals surface area contributed by atoms with E-state index in [2.05, 4.69) is 5.32 Å². The number of carbonyl (C=O) groups excluding carboxylic acids is 2. The summed E-state index contributed by atoms with van der Waals surface area (Å²) >= 11 is 0. The molecule has 2 rings (SSSR count). The summed E-state index contributed by atoms with van der Waals surface area (Å²) in [6.07, 6.45) is 2.74. The van der Waals surface area contributed by atoms with Gasteiger partial charge in [-0.05, 0) is 24.8 Å². The summed E-state index contributed by atoms with van der Waals surface area (Å²) < 4.78 is 5.16.